The zero-order chi connectivity index (χ0) is 13.8. The van der Waals surface area contributed by atoms with Crippen molar-refractivity contribution in [1.82, 2.24) is 0 Å². The normalized spacial score (nSPS) is 11.9. The second-order valence-corrected chi connectivity index (χ2v) is 4.38. The Bertz CT molecular complexity index is 572. The molecular formula is C15H17FN2O. The summed E-state index contributed by atoms with van der Waals surface area (Å²) in [5.41, 5.74) is 7.80. The summed E-state index contributed by atoms with van der Waals surface area (Å²) in [4.78, 5) is 0. The van der Waals surface area contributed by atoms with Gasteiger partial charge in [-0.2, -0.15) is 0 Å². The summed E-state index contributed by atoms with van der Waals surface area (Å²) in [6, 6.07) is 11.9. The van der Waals surface area contributed by atoms with Crippen molar-refractivity contribution in [2.24, 2.45) is 0 Å². The van der Waals surface area contributed by atoms with Crippen molar-refractivity contribution in [2.45, 2.75) is 13.0 Å². The average molecular weight is 260 g/mol. The van der Waals surface area contributed by atoms with Crippen molar-refractivity contribution in [2.75, 3.05) is 18.2 Å². The van der Waals surface area contributed by atoms with E-state index in [4.69, 9.17) is 10.5 Å². The Labute approximate surface area is 112 Å². The Balaban J connectivity index is 2.21. The first kappa shape index (κ1) is 13.2. The molecule has 0 aromatic heterocycles. The molecule has 19 heavy (non-hydrogen) atoms. The molecule has 0 amide bonds. The zero-order valence-electron chi connectivity index (χ0n) is 11.0. The summed E-state index contributed by atoms with van der Waals surface area (Å²) >= 11 is 0. The van der Waals surface area contributed by atoms with Gasteiger partial charge in [-0.15, -0.1) is 0 Å². The lowest BCUT2D eigenvalue weighted by Gasteiger charge is -2.17. The van der Waals surface area contributed by atoms with E-state index < -0.39 is 0 Å². The van der Waals surface area contributed by atoms with Gasteiger partial charge in [0, 0.05) is 29.1 Å². The van der Waals surface area contributed by atoms with Gasteiger partial charge in [0.15, 0.2) is 0 Å². The van der Waals surface area contributed by atoms with Gasteiger partial charge in [0.25, 0.3) is 0 Å². The fraction of sp³-hybridized carbons (Fsp3) is 0.200. The van der Waals surface area contributed by atoms with Crippen molar-refractivity contribution >= 4 is 11.4 Å². The molecule has 100 valence electrons. The van der Waals surface area contributed by atoms with E-state index in [-0.39, 0.29) is 11.9 Å². The highest BCUT2D eigenvalue weighted by molar-refractivity contribution is 5.59. The van der Waals surface area contributed by atoms with Crippen LogP contribution in [0.2, 0.25) is 0 Å². The van der Waals surface area contributed by atoms with E-state index in [0.717, 1.165) is 5.69 Å². The second-order valence-electron chi connectivity index (χ2n) is 4.38. The van der Waals surface area contributed by atoms with E-state index >= 15 is 0 Å². The molecule has 0 aliphatic rings. The molecule has 4 heteroatoms. The standard InChI is InChI=1S/C15H17FN2O/c1-10(14-5-3-4-6-15(14)16)18-12-7-11(17)8-13(9-12)19-2/h3-10,18H,17H2,1-2H3. The van der Waals surface area contributed by atoms with Gasteiger partial charge in [0.1, 0.15) is 11.6 Å². The van der Waals surface area contributed by atoms with E-state index in [2.05, 4.69) is 5.32 Å². The maximum absolute atomic E-state index is 13.7. The molecule has 0 aliphatic carbocycles. The number of ether oxygens (including phenoxy) is 1. The first-order valence-corrected chi connectivity index (χ1v) is 6.05. The Hall–Kier alpha value is -2.23. The molecule has 0 spiro atoms. The van der Waals surface area contributed by atoms with Gasteiger partial charge in [-0.05, 0) is 19.1 Å². The first-order chi connectivity index (χ1) is 9.10. The van der Waals surface area contributed by atoms with Crippen molar-refractivity contribution in [1.29, 1.82) is 0 Å². The molecule has 0 bridgehead atoms. The van der Waals surface area contributed by atoms with E-state index in [0.29, 0.717) is 17.0 Å². The van der Waals surface area contributed by atoms with Crippen LogP contribution >= 0.6 is 0 Å². The predicted octanol–water partition coefficient (Wildman–Crippen LogP) is 3.59. The van der Waals surface area contributed by atoms with Crippen molar-refractivity contribution in [3.8, 4) is 5.75 Å². The molecule has 1 atom stereocenters. The third-order valence-corrected chi connectivity index (χ3v) is 2.92. The SMILES string of the molecule is COc1cc(N)cc(NC(C)c2ccccc2F)c1. The van der Waals surface area contributed by atoms with Crippen molar-refractivity contribution < 1.29 is 9.13 Å². The molecular weight excluding hydrogens is 243 g/mol. The maximum atomic E-state index is 13.7. The number of nitrogens with two attached hydrogens (primary N) is 1. The van der Waals surface area contributed by atoms with Crippen LogP contribution in [0, 0.1) is 5.82 Å². The minimum atomic E-state index is -0.224. The predicted molar refractivity (Wildman–Crippen MR) is 75.8 cm³/mol. The summed E-state index contributed by atoms with van der Waals surface area (Å²) in [6.07, 6.45) is 0. The summed E-state index contributed by atoms with van der Waals surface area (Å²) < 4.78 is 18.8. The van der Waals surface area contributed by atoms with Gasteiger partial charge in [-0.1, -0.05) is 18.2 Å². The monoisotopic (exact) mass is 260 g/mol. The lowest BCUT2D eigenvalue weighted by molar-refractivity contribution is 0.415. The number of hydrogen-bond acceptors (Lipinski definition) is 3. The van der Waals surface area contributed by atoms with Gasteiger partial charge < -0.3 is 15.8 Å². The van der Waals surface area contributed by atoms with Crippen LogP contribution in [0.4, 0.5) is 15.8 Å². The molecule has 3 N–H and O–H groups in total. The quantitative estimate of drug-likeness (QED) is 0.826. The fourth-order valence-corrected chi connectivity index (χ4v) is 1.98. The molecule has 0 saturated heterocycles. The number of methoxy groups -OCH3 is 1. The van der Waals surface area contributed by atoms with Crippen molar-refractivity contribution in [3.05, 3.63) is 53.8 Å². The fourth-order valence-electron chi connectivity index (χ4n) is 1.98. The van der Waals surface area contributed by atoms with Crippen LogP contribution < -0.4 is 15.8 Å². The number of benzene rings is 2. The topological polar surface area (TPSA) is 47.3 Å². The number of nitrogen functional groups attached to an aromatic ring is 1. The second kappa shape index (κ2) is 5.61. The molecule has 3 nitrogen and oxygen atoms in total. The molecule has 0 radical (unpaired) electrons. The van der Waals surface area contributed by atoms with Gasteiger partial charge in [-0.3, -0.25) is 0 Å². The highest BCUT2D eigenvalue weighted by atomic mass is 19.1. The molecule has 0 heterocycles. The number of anilines is 2. The molecule has 1 unspecified atom stereocenters. The van der Waals surface area contributed by atoms with Crippen LogP contribution in [0.15, 0.2) is 42.5 Å². The van der Waals surface area contributed by atoms with E-state index in [1.165, 1.54) is 6.07 Å². The third kappa shape index (κ3) is 3.16. The smallest absolute Gasteiger partial charge is 0.128 e. The van der Waals surface area contributed by atoms with E-state index in [1.54, 1.807) is 31.4 Å². The van der Waals surface area contributed by atoms with Gasteiger partial charge in [-0.25, -0.2) is 4.39 Å². The lowest BCUT2D eigenvalue weighted by Crippen LogP contribution is -2.08. The van der Waals surface area contributed by atoms with Crippen LogP contribution in [0.1, 0.15) is 18.5 Å². The van der Waals surface area contributed by atoms with Gasteiger partial charge in [0.2, 0.25) is 0 Å². The molecule has 2 aromatic rings. The number of nitrogens with one attached hydrogen (secondary N) is 1. The zero-order valence-corrected chi connectivity index (χ0v) is 11.0. The Morgan fingerprint density at radius 2 is 1.95 bits per heavy atom. The summed E-state index contributed by atoms with van der Waals surface area (Å²) in [5.74, 6) is 0.446. The number of hydrogen-bond donors (Lipinski definition) is 2. The molecule has 0 aliphatic heterocycles. The number of halogens is 1. The summed E-state index contributed by atoms with van der Waals surface area (Å²) in [5, 5.41) is 3.21. The highest BCUT2D eigenvalue weighted by Crippen LogP contribution is 2.26. The molecule has 0 fully saturated rings. The minimum absolute atomic E-state index is 0.160. The summed E-state index contributed by atoms with van der Waals surface area (Å²) in [6.45, 7) is 1.90. The van der Waals surface area contributed by atoms with Crippen LogP contribution in [-0.2, 0) is 0 Å². The first-order valence-electron chi connectivity index (χ1n) is 6.05. The van der Waals surface area contributed by atoms with Gasteiger partial charge in [0.05, 0.1) is 13.2 Å². The van der Waals surface area contributed by atoms with E-state index in [1.807, 2.05) is 19.1 Å². The van der Waals surface area contributed by atoms with Crippen LogP contribution in [0.3, 0.4) is 0 Å². The van der Waals surface area contributed by atoms with E-state index in [9.17, 15) is 4.39 Å². The summed E-state index contributed by atoms with van der Waals surface area (Å²) in [7, 11) is 1.58. The largest absolute Gasteiger partial charge is 0.497 e. The third-order valence-electron chi connectivity index (χ3n) is 2.92. The Kier molecular flexibility index (Phi) is 3.90. The Morgan fingerprint density at radius 3 is 2.63 bits per heavy atom. The van der Waals surface area contributed by atoms with Gasteiger partial charge >= 0.3 is 0 Å². The average Bonchev–Trinajstić information content (AvgIpc) is 2.38. The van der Waals surface area contributed by atoms with Crippen LogP contribution in [0.5, 0.6) is 5.75 Å². The maximum Gasteiger partial charge on any atom is 0.128 e. The minimum Gasteiger partial charge on any atom is -0.497 e. The van der Waals surface area contributed by atoms with Crippen LogP contribution in [-0.4, -0.2) is 7.11 Å². The molecule has 2 rings (SSSR count). The highest BCUT2D eigenvalue weighted by Gasteiger charge is 2.10. The molecule has 2 aromatic carbocycles. The lowest BCUT2D eigenvalue weighted by atomic mass is 10.1. The van der Waals surface area contributed by atoms with Crippen LogP contribution in [0.25, 0.3) is 0 Å². The Morgan fingerprint density at radius 1 is 1.21 bits per heavy atom. The molecule has 0 saturated carbocycles. The van der Waals surface area contributed by atoms with Crippen molar-refractivity contribution in [3.63, 3.8) is 0 Å². The number of rotatable bonds is 4.